The molecule has 4 N–H and O–H groups in total. The number of aliphatic hydroxyl groups is 1. The molecule has 1 aromatic heterocycles. The number of aromatic amines is 1. The summed E-state index contributed by atoms with van der Waals surface area (Å²) in [6, 6.07) is 10.5. The van der Waals surface area contributed by atoms with Crippen molar-refractivity contribution in [3.8, 4) is 0 Å². The van der Waals surface area contributed by atoms with Crippen molar-refractivity contribution >= 4 is 5.91 Å². The summed E-state index contributed by atoms with van der Waals surface area (Å²) in [6.07, 6.45) is 9.08. The molecule has 3 saturated carbocycles. The number of hydrogen-bond donors (Lipinski definition) is 4. The number of H-pyrrole nitrogens is 1. The summed E-state index contributed by atoms with van der Waals surface area (Å²) in [7, 11) is 0. The van der Waals surface area contributed by atoms with Gasteiger partial charge < -0.3 is 20.7 Å². The maximum absolute atomic E-state index is 13.0. The zero-order valence-corrected chi connectivity index (χ0v) is 17.4. The highest BCUT2D eigenvalue weighted by molar-refractivity contribution is 5.80. The molecule has 0 saturated heterocycles. The second-order valence-corrected chi connectivity index (χ2v) is 9.31. The molecule has 160 valence electrons. The van der Waals surface area contributed by atoms with Crippen LogP contribution >= 0.6 is 0 Å². The fourth-order valence-corrected chi connectivity index (χ4v) is 5.28. The molecule has 0 radical (unpaired) electrons. The number of benzene rings is 1. The fourth-order valence-electron chi connectivity index (χ4n) is 5.28. The molecule has 0 spiro atoms. The molecule has 30 heavy (non-hydrogen) atoms. The Balaban J connectivity index is 1.31. The molecule has 0 aliphatic heterocycles. The Morgan fingerprint density at radius 2 is 1.90 bits per heavy atom. The lowest BCUT2D eigenvalue weighted by atomic mass is 9.95. The molecule has 1 aromatic carbocycles. The van der Waals surface area contributed by atoms with Crippen molar-refractivity contribution < 1.29 is 9.90 Å². The van der Waals surface area contributed by atoms with Gasteiger partial charge in [-0.25, -0.2) is 4.98 Å². The summed E-state index contributed by atoms with van der Waals surface area (Å²) < 4.78 is 0. The Morgan fingerprint density at radius 1 is 1.13 bits per heavy atom. The van der Waals surface area contributed by atoms with Crippen LogP contribution in [0.5, 0.6) is 0 Å². The Labute approximate surface area is 177 Å². The fraction of sp³-hybridized carbons (Fsp3) is 0.583. The molecular weight excluding hydrogens is 376 g/mol. The second kappa shape index (κ2) is 8.52. The van der Waals surface area contributed by atoms with E-state index < -0.39 is 12.0 Å². The van der Waals surface area contributed by atoms with Gasteiger partial charge in [0.15, 0.2) is 0 Å². The summed E-state index contributed by atoms with van der Waals surface area (Å²) in [4.78, 5) is 21.0. The van der Waals surface area contributed by atoms with E-state index in [4.69, 9.17) is 0 Å². The molecule has 5 rings (SSSR count). The van der Waals surface area contributed by atoms with E-state index in [-0.39, 0.29) is 17.9 Å². The minimum absolute atomic E-state index is 0.0611. The topological polar surface area (TPSA) is 90.0 Å². The summed E-state index contributed by atoms with van der Waals surface area (Å²) in [5.74, 6) is 0.981. The number of rotatable bonds is 7. The van der Waals surface area contributed by atoms with E-state index in [1.807, 2.05) is 36.5 Å². The average molecular weight is 409 g/mol. The van der Waals surface area contributed by atoms with Gasteiger partial charge in [0.2, 0.25) is 5.91 Å². The molecule has 6 nitrogen and oxygen atoms in total. The van der Waals surface area contributed by atoms with E-state index in [9.17, 15) is 9.90 Å². The third kappa shape index (κ3) is 4.16. The molecule has 3 aliphatic carbocycles. The number of aromatic nitrogens is 2. The van der Waals surface area contributed by atoms with Gasteiger partial charge in [0, 0.05) is 42.4 Å². The highest BCUT2D eigenvalue weighted by Crippen LogP contribution is 2.42. The Morgan fingerprint density at radius 3 is 2.63 bits per heavy atom. The first-order valence-corrected chi connectivity index (χ1v) is 11.5. The van der Waals surface area contributed by atoms with Gasteiger partial charge >= 0.3 is 0 Å². The van der Waals surface area contributed by atoms with Gasteiger partial charge in [-0.1, -0.05) is 43.2 Å². The van der Waals surface area contributed by atoms with E-state index >= 15 is 0 Å². The van der Waals surface area contributed by atoms with E-state index in [0.717, 1.165) is 17.1 Å². The monoisotopic (exact) mass is 408 g/mol. The lowest BCUT2D eigenvalue weighted by molar-refractivity contribution is -0.127. The normalized spacial score (nSPS) is 29.4. The van der Waals surface area contributed by atoms with E-state index in [1.54, 1.807) is 0 Å². The SMILES string of the molecule is O=C(NCc1ccccc1)[C@H]1C[C@@H](NC2CCCC2)[C@H](c2cnc(C3CC3)[nH]2)[C@@H]1O. The average Bonchev–Trinajstić information content (AvgIpc) is 3.13. The quantitative estimate of drug-likeness (QED) is 0.567. The zero-order valence-electron chi connectivity index (χ0n) is 17.4. The third-order valence-corrected chi connectivity index (χ3v) is 7.11. The van der Waals surface area contributed by atoms with Crippen molar-refractivity contribution in [3.05, 3.63) is 53.6 Å². The highest BCUT2D eigenvalue weighted by atomic mass is 16.3. The van der Waals surface area contributed by atoms with Gasteiger partial charge in [0.1, 0.15) is 5.82 Å². The first-order valence-electron chi connectivity index (χ1n) is 11.5. The van der Waals surface area contributed by atoms with Crippen molar-refractivity contribution in [3.63, 3.8) is 0 Å². The number of carbonyl (C=O) groups is 1. The highest BCUT2D eigenvalue weighted by Gasteiger charge is 2.48. The third-order valence-electron chi connectivity index (χ3n) is 7.11. The molecule has 4 atom stereocenters. The number of amides is 1. The van der Waals surface area contributed by atoms with Crippen LogP contribution in [0.25, 0.3) is 0 Å². The zero-order chi connectivity index (χ0) is 20.5. The molecule has 3 aliphatic rings. The Hall–Kier alpha value is -2.18. The molecule has 0 unspecified atom stereocenters. The lowest BCUT2D eigenvalue weighted by Crippen LogP contribution is -2.40. The van der Waals surface area contributed by atoms with Crippen molar-refractivity contribution in [2.45, 2.75) is 81.5 Å². The van der Waals surface area contributed by atoms with Gasteiger partial charge in [0.05, 0.1) is 12.0 Å². The van der Waals surface area contributed by atoms with Crippen LogP contribution in [0, 0.1) is 5.92 Å². The maximum Gasteiger partial charge on any atom is 0.226 e. The molecule has 6 heteroatoms. The first kappa shape index (κ1) is 19.8. The van der Waals surface area contributed by atoms with Crippen LogP contribution in [0.2, 0.25) is 0 Å². The van der Waals surface area contributed by atoms with Gasteiger partial charge in [0.25, 0.3) is 0 Å². The predicted octanol–water partition coefficient (Wildman–Crippen LogP) is 2.97. The van der Waals surface area contributed by atoms with Gasteiger partial charge in [-0.3, -0.25) is 4.79 Å². The van der Waals surface area contributed by atoms with Crippen LogP contribution < -0.4 is 10.6 Å². The van der Waals surface area contributed by atoms with Crippen LogP contribution in [-0.2, 0) is 11.3 Å². The number of hydrogen-bond acceptors (Lipinski definition) is 4. The molecule has 1 amide bonds. The largest absolute Gasteiger partial charge is 0.392 e. The standard InChI is InChI=1S/C24H32N4O2/c29-22-18(24(30)26-13-15-6-2-1-3-7-15)12-19(27-17-8-4-5-9-17)21(22)20-14-25-23(28-20)16-10-11-16/h1-3,6-7,14,16-19,21-22,27,29H,4-5,8-13H2,(H,25,28)(H,26,30)/t18-,19+,21+,22+/m0/s1. The Bertz CT molecular complexity index is 857. The minimum Gasteiger partial charge on any atom is -0.392 e. The van der Waals surface area contributed by atoms with Crippen LogP contribution in [0.1, 0.15) is 73.9 Å². The van der Waals surface area contributed by atoms with Crippen LogP contribution in [-0.4, -0.2) is 39.2 Å². The smallest absolute Gasteiger partial charge is 0.226 e. The lowest BCUT2D eigenvalue weighted by Gasteiger charge is -2.25. The van der Waals surface area contributed by atoms with Crippen molar-refractivity contribution in [2.75, 3.05) is 0 Å². The molecular formula is C24H32N4O2. The van der Waals surface area contributed by atoms with Gasteiger partial charge in [-0.05, 0) is 37.7 Å². The number of nitrogens with zero attached hydrogens (tertiary/aromatic N) is 1. The van der Waals surface area contributed by atoms with Crippen LogP contribution in [0.3, 0.4) is 0 Å². The van der Waals surface area contributed by atoms with E-state index in [1.165, 1.54) is 38.5 Å². The van der Waals surface area contributed by atoms with Crippen molar-refractivity contribution in [1.82, 2.24) is 20.6 Å². The van der Waals surface area contributed by atoms with Crippen LogP contribution in [0.4, 0.5) is 0 Å². The first-order chi connectivity index (χ1) is 14.7. The number of imidazole rings is 1. The summed E-state index contributed by atoms with van der Waals surface area (Å²) in [5.41, 5.74) is 2.04. The molecule has 2 aromatic rings. The minimum atomic E-state index is -0.716. The second-order valence-electron chi connectivity index (χ2n) is 9.31. The van der Waals surface area contributed by atoms with E-state index in [0.29, 0.717) is 24.9 Å². The van der Waals surface area contributed by atoms with Gasteiger partial charge in [-0.15, -0.1) is 0 Å². The summed E-state index contributed by atoms with van der Waals surface area (Å²) >= 11 is 0. The maximum atomic E-state index is 13.0. The van der Waals surface area contributed by atoms with Crippen molar-refractivity contribution in [2.24, 2.45) is 5.92 Å². The summed E-state index contributed by atoms with van der Waals surface area (Å²) in [5, 5.41) is 18.0. The van der Waals surface area contributed by atoms with E-state index in [2.05, 4.69) is 20.6 Å². The van der Waals surface area contributed by atoms with Gasteiger partial charge in [-0.2, -0.15) is 0 Å². The van der Waals surface area contributed by atoms with Crippen LogP contribution in [0.15, 0.2) is 36.5 Å². The molecule has 0 bridgehead atoms. The number of nitrogens with one attached hydrogen (secondary N) is 3. The molecule has 1 heterocycles. The van der Waals surface area contributed by atoms with Crippen molar-refractivity contribution in [1.29, 1.82) is 0 Å². The predicted molar refractivity (Wildman–Crippen MR) is 115 cm³/mol. The molecule has 3 fully saturated rings. The number of aliphatic hydroxyl groups excluding tert-OH is 1. The number of carbonyl (C=O) groups excluding carboxylic acids is 1. The summed E-state index contributed by atoms with van der Waals surface area (Å²) in [6.45, 7) is 0.490. The Kier molecular flexibility index (Phi) is 5.61.